The molecule has 5 nitrogen and oxygen atoms in total. The van der Waals surface area contributed by atoms with Crippen molar-refractivity contribution in [2.75, 3.05) is 6.61 Å². The van der Waals surface area contributed by atoms with Crippen molar-refractivity contribution in [2.24, 2.45) is 5.16 Å². The Labute approximate surface area is 185 Å². The van der Waals surface area contributed by atoms with Crippen LogP contribution in [0, 0.1) is 0 Å². The van der Waals surface area contributed by atoms with E-state index in [1.165, 1.54) is 0 Å². The van der Waals surface area contributed by atoms with E-state index in [4.69, 9.17) is 25.9 Å². The highest BCUT2D eigenvalue weighted by Gasteiger charge is 2.26. The fourth-order valence-electron chi connectivity index (χ4n) is 3.12. The number of rotatable bonds is 7. The molecule has 0 aliphatic carbocycles. The van der Waals surface area contributed by atoms with E-state index < -0.39 is 5.97 Å². The summed E-state index contributed by atoms with van der Waals surface area (Å²) in [6, 6.07) is 22.4. The molecule has 0 bridgehead atoms. The summed E-state index contributed by atoms with van der Waals surface area (Å²) < 4.78 is 11.7. The molecule has 1 heterocycles. The number of nitrogens with zero attached hydrogens (tertiary/aromatic N) is 1. The van der Waals surface area contributed by atoms with Gasteiger partial charge in [0, 0.05) is 10.6 Å². The van der Waals surface area contributed by atoms with Crippen LogP contribution in [-0.4, -0.2) is 18.3 Å². The summed E-state index contributed by atoms with van der Waals surface area (Å²) in [6.45, 7) is 2.77. The second kappa shape index (κ2) is 9.49. The maximum absolute atomic E-state index is 12.3. The minimum Gasteiger partial charge on any atom is -0.490 e. The van der Waals surface area contributed by atoms with Crippen LogP contribution in [-0.2, 0) is 16.2 Å². The quantitative estimate of drug-likeness (QED) is 0.356. The zero-order valence-corrected chi connectivity index (χ0v) is 17.6. The van der Waals surface area contributed by atoms with Crippen LogP contribution in [0.5, 0.6) is 11.5 Å². The Morgan fingerprint density at radius 3 is 2.48 bits per heavy atom. The van der Waals surface area contributed by atoms with Crippen LogP contribution >= 0.6 is 11.6 Å². The average molecular weight is 434 g/mol. The molecule has 4 rings (SSSR count). The summed E-state index contributed by atoms with van der Waals surface area (Å²) in [5.41, 5.74) is 3.48. The van der Waals surface area contributed by atoms with Crippen molar-refractivity contribution in [1.29, 1.82) is 0 Å². The van der Waals surface area contributed by atoms with Crippen LogP contribution in [0.3, 0.4) is 0 Å². The standard InChI is InChI=1S/C25H20ClNO4/c1-2-29-23-15-18(10-13-22(23)30-16-17-8-11-20(26)12-9-17)14-21-24(27-31-25(21)28)19-6-4-3-5-7-19/h3-15H,2,16H2,1H3/b21-14-. The number of oxime groups is 1. The second-order valence-corrected chi connectivity index (χ2v) is 7.23. The van der Waals surface area contributed by atoms with E-state index in [1.807, 2.05) is 79.7 Å². The highest BCUT2D eigenvalue weighted by atomic mass is 35.5. The third-order valence-corrected chi connectivity index (χ3v) is 4.88. The summed E-state index contributed by atoms with van der Waals surface area (Å²) in [7, 11) is 0. The lowest BCUT2D eigenvalue weighted by molar-refractivity contribution is -0.136. The largest absolute Gasteiger partial charge is 0.490 e. The summed E-state index contributed by atoms with van der Waals surface area (Å²) in [5.74, 6) is 0.722. The monoisotopic (exact) mass is 433 g/mol. The van der Waals surface area contributed by atoms with E-state index >= 15 is 0 Å². The van der Waals surface area contributed by atoms with Crippen LogP contribution < -0.4 is 9.47 Å². The maximum Gasteiger partial charge on any atom is 0.368 e. The minimum absolute atomic E-state index is 0.384. The minimum atomic E-state index is -0.486. The van der Waals surface area contributed by atoms with Gasteiger partial charge in [0.05, 0.1) is 12.2 Å². The maximum atomic E-state index is 12.3. The van der Waals surface area contributed by atoms with Gasteiger partial charge < -0.3 is 14.3 Å². The SMILES string of the molecule is CCOc1cc(/C=C2\C(=O)ON=C2c2ccccc2)ccc1OCc1ccc(Cl)cc1. The molecule has 0 unspecified atom stereocenters. The van der Waals surface area contributed by atoms with Crippen molar-refractivity contribution in [3.8, 4) is 11.5 Å². The number of carbonyl (C=O) groups is 1. The molecular weight excluding hydrogens is 414 g/mol. The zero-order chi connectivity index (χ0) is 21.6. The van der Waals surface area contributed by atoms with E-state index in [1.54, 1.807) is 6.08 Å². The highest BCUT2D eigenvalue weighted by Crippen LogP contribution is 2.31. The molecule has 0 amide bonds. The summed E-state index contributed by atoms with van der Waals surface area (Å²) in [4.78, 5) is 17.2. The van der Waals surface area contributed by atoms with Gasteiger partial charge in [-0.3, -0.25) is 0 Å². The number of benzene rings is 3. The van der Waals surface area contributed by atoms with Crippen molar-refractivity contribution in [3.63, 3.8) is 0 Å². The first kappa shape index (κ1) is 20.7. The molecule has 3 aromatic rings. The van der Waals surface area contributed by atoms with Crippen molar-refractivity contribution in [2.45, 2.75) is 13.5 Å². The lowest BCUT2D eigenvalue weighted by Crippen LogP contribution is -2.06. The molecule has 156 valence electrons. The first-order valence-corrected chi connectivity index (χ1v) is 10.2. The van der Waals surface area contributed by atoms with E-state index in [-0.39, 0.29) is 0 Å². The van der Waals surface area contributed by atoms with Crippen molar-refractivity contribution < 1.29 is 19.1 Å². The highest BCUT2D eigenvalue weighted by molar-refractivity contribution is 6.31. The smallest absolute Gasteiger partial charge is 0.368 e. The van der Waals surface area contributed by atoms with Gasteiger partial charge in [-0.15, -0.1) is 0 Å². The molecule has 3 aromatic carbocycles. The van der Waals surface area contributed by atoms with Crippen LogP contribution in [0.1, 0.15) is 23.6 Å². The van der Waals surface area contributed by atoms with Crippen molar-refractivity contribution in [1.82, 2.24) is 0 Å². The van der Waals surface area contributed by atoms with Crippen LogP contribution in [0.4, 0.5) is 0 Å². The van der Waals surface area contributed by atoms with E-state index in [2.05, 4.69) is 5.16 Å². The average Bonchev–Trinajstić information content (AvgIpc) is 3.15. The van der Waals surface area contributed by atoms with Crippen LogP contribution in [0.25, 0.3) is 6.08 Å². The van der Waals surface area contributed by atoms with Gasteiger partial charge in [0.2, 0.25) is 0 Å². The Kier molecular flexibility index (Phi) is 6.34. The Morgan fingerprint density at radius 2 is 1.74 bits per heavy atom. The lowest BCUT2D eigenvalue weighted by Gasteiger charge is -2.13. The molecule has 0 N–H and O–H groups in total. The molecule has 0 fully saturated rings. The predicted molar refractivity (Wildman–Crippen MR) is 120 cm³/mol. The first-order valence-electron chi connectivity index (χ1n) is 9.85. The Hall–Kier alpha value is -3.57. The molecule has 0 atom stereocenters. The topological polar surface area (TPSA) is 57.1 Å². The molecule has 1 aliphatic heterocycles. The number of halogens is 1. The zero-order valence-electron chi connectivity index (χ0n) is 16.9. The molecule has 1 aliphatic rings. The molecular formula is C25H20ClNO4. The van der Waals surface area contributed by atoms with Gasteiger partial charge in [-0.2, -0.15) is 0 Å². The van der Waals surface area contributed by atoms with E-state index in [0.29, 0.717) is 41.0 Å². The molecule has 0 aromatic heterocycles. The fraction of sp³-hybridized carbons (Fsp3) is 0.120. The third kappa shape index (κ3) is 4.95. The Bertz CT molecular complexity index is 1140. The lowest BCUT2D eigenvalue weighted by atomic mass is 10.0. The number of carbonyl (C=O) groups excluding carboxylic acids is 1. The number of hydrogen-bond donors (Lipinski definition) is 0. The van der Waals surface area contributed by atoms with Crippen LogP contribution in [0.15, 0.2) is 83.5 Å². The number of hydrogen-bond acceptors (Lipinski definition) is 5. The fourth-order valence-corrected chi connectivity index (χ4v) is 3.25. The van der Waals surface area contributed by atoms with Gasteiger partial charge in [-0.25, -0.2) is 4.79 Å². The van der Waals surface area contributed by atoms with Crippen molar-refractivity contribution >= 4 is 29.4 Å². The molecule has 0 spiro atoms. The van der Waals surface area contributed by atoms with Gasteiger partial charge in [0.15, 0.2) is 11.5 Å². The first-order chi connectivity index (χ1) is 15.1. The number of ether oxygens (including phenoxy) is 2. The van der Waals surface area contributed by atoms with Crippen LogP contribution in [0.2, 0.25) is 5.02 Å². The summed E-state index contributed by atoms with van der Waals surface area (Å²) >= 11 is 5.93. The Morgan fingerprint density at radius 1 is 0.968 bits per heavy atom. The normalized spacial score (nSPS) is 14.3. The van der Waals surface area contributed by atoms with Gasteiger partial charge in [-0.05, 0) is 48.4 Å². The van der Waals surface area contributed by atoms with E-state index in [9.17, 15) is 4.79 Å². The molecule has 31 heavy (non-hydrogen) atoms. The van der Waals surface area contributed by atoms with E-state index in [0.717, 1.165) is 16.7 Å². The Balaban J connectivity index is 1.58. The third-order valence-electron chi connectivity index (χ3n) is 4.63. The van der Waals surface area contributed by atoms with Gasteiger partial charge in [0.1, 0.15) is 12.3 Å². The summed E-state index contributed by atoms with van der Waals surface area (Å²) in [5, 5.41) is 4.62. The summed E-state index contributed by atoms with van der Waals surface area (Å²) in [6.07, 6.45) is 1.74. The molecule has 0 radical (unpaired) electrons. The second-order valence-electron chi connectivity index (χ2n) is 6.80. The molecule has 0 saturated carbocycles. The van der Waals surface area contributed by atoms with Gasteiger partial charge >= 0.3 is 5.97 Å². The predicted octanol–water partition coefficient (Wildman–Crippen LogP) is 5.66. The molecule has 6 heteroatoms. The molecule has 0 saturated heterocycles. The van der Waals surface area contributed by atoms with Gasteiger partial charge in [-0.1, -0.05) is 65.3 Å². The van der Waals surface area contributed by atoms with Gasteiger partial charge in [0.25, 0.3) is 0 Å². The van der Waals surface area contributed by atoms with Crippen molar-refractivity contribution in [3.05, 3.63) is 100 Å².